The van der Waals surface area contributed by atoms with Crippen LogP contribution in [0.5, 0.6) is 11.5 Å². The number of ether oxygens (including phenoxy) is 2. The lowest BCUT2D eigenvalue weighted by Gasteiger charge is -2.38. The molecule has 4 aliphatic heterocycles. The summed E-state index contributed by atoms with van der Waals surface area (Å²) in [6, 6.07) is 22.3. The molecule has 2 fully saturated rings. The summed E-state index contributed by atoms with van der Waals surface area (Å²) >= 11 is 12.7. The standard InChI is InChI=1S/C57H61Cl2N7O9/c1-36(2)75-46-33-42(74-3)26-27-43(46)53-62-51(38-18-22-40(58)23-19-38)52(39-20-24-41(59)25-21-39)66(53)57(73)64-32-31-63(49(69)35-64)34-48(68)60-30-13-11-9-7-5-4-6-8-10-12-15-37-16-14-17-44-50(37)56(72)65(55(44)71)45-28-29-47(67)61-54(45)70/h14,16-27,33,36,45,51-52H,4-11,13,28-32,34-35H2,1-3H3,(H,60,68)(H,61,67,70)/t45?,51-,52+/m0/s1. The molecule has 4 aromatic carbocycles. The fourth-order valence-electron chi connectivity index (χ4n) is 9.84. The Bertz CT molecular complexity index is 2920. The van der Waals surface area contributed by atoms with Gasteiger partial charge in [0.25, 0.3) is 11.8 Å². The number of hydrogen-bond donors (Lipinski definition) is 2. The number of benzene rings is 4. The number of fused-ring (bicyclic) bond motifs is 1. The zero-order valence-corrected chi connectivity index (χ0v) is 43.9. The molecule has 392 valence electrons. The second kappa shape index (κ2) is 24.9. The number of nitrogens with zero attached hydrogens (tertiary/aromatic N) is 5. The highest BCUT2D eigenvalue weighted by molar-refractivity contribution is 6.31. The van der Waals surface area contributed by atoms with Crippen LogP contribution in [0, 0.1) is 11.8 Å². The number of carbonyl (C=O) groups is 7. The highest BCUT2D eigenvalue weighted by atomic mass is 35.5. The molecule has 0 saturated carbocycles. The van der Waals surface area contributed by atoms with Crippen molar-refractivity contribution in [3.8, 4) is 23.3 Å². The number of imide groups is 2. The highest BCUT2D eigenvalue weighted by Gasteiger charge is 2.47. The van der Waals surface area contributed by atoms with Crippen molar-refractivity contribution in [2.45, 2.75) is 109 Å². The third kappa shape index (κ3) is 12.8. The Balaban J connectivity index is 0.780. The predicted octanol–water partition coefficient (Wildman–Crippen LogP) is 8.68. The topological polar surface area (TPSA) is 187 Å². The summed E-state index contributed by atoms with van der Waals surface area (Å²) in [5, 5.41) is 6.27. The number of rotatable bonds is 19. The number of urea groups is 1. The van der Waals surface area contributed by atoms with Crippen LogP contribution in [0.1, 0.15) is 140 Å². The van der Waals surface area contributed by atoms with Crippen molar-refractivity contribution in [2.75, 3.05) is 39.8 Å². The fourth-order valence-corrected chi connectivity index (χ4v) is 10.1. The van der Waals surface area contributed by atoms with Gasteiger partial charge in [-0.05, 0) is 92.8 Å². The lowest BCUT2D eigenvalue weighted by Crippen LogP contribution is -2.57. The average Bonchev–Trinajstić information content (AvgIpc) is 3.92. The van der Waals surface area contributed by atoms with Gasteiger partial charge in [-0.1, -0.05) is 104 Å². The molecule has 0 radical (unpaired) electrons. The normalized spacial score (nSPS) is 18.5. The molecule has 8 amide bonds. The van der Waals surface area contributed by atoms with Crippen LogP contribution in [0.4, 0.5) is 4.79 Å². The van der Waals surface area contributed by atoms with Crippen LogP contribution < -0.4 is 20.1 Å². The van der Waals surface area contributed by atoms with Crippen LogP contribution in [0.15, 0.2) is 89.9 Å². The van der Waals surface area contributed by atoms with Gasteiger partial charge in [-0.3, -0.25) is 48.9 Å². The van der Waals surface area contributed by atoms with Crippen LogP contribution in [-0.4, -0.2) is 119 Å². The number of carbonyl (C=O) groups excluding carboxylic acids is 7. The molecule has 0 aliphatic carbocycles. The Hall–Kier alpha value is -7.22. The Morgan fingerprint density at radius 3 is 2.16 bits per heavy atom. The van der Waals surface area contributed by atoms with Crippen LogP contribution in [0.25, 0.3) is 0 Å². The van der Waals surface area contributed by atoms with Gasteiger partial charge in [0.05, 0.1) is 42.5 Å². The van der Waals surface area contributed by atoms with Crippen LogP contribution in [0.3, 0.4) is 0 Å². The van der Waals surface area contributed by atoms with Crippen molar-refractivity contribution in [3.63, 3.8) is 0 Å². The molecule has 4 aliphatic rings. The van der Waals surface area contributed by atoms with Crippen molar-refractivity contribution in [1.82, 2.24) is 30.2 Å². The van der Waals surface area contributed by atoms with E-state index in [0.717, 1.165) is 67.4 Å². The molecule has 8 rings (SSSR count). The molecule has 2 N–H and O–H groups in total. The van der Waals surface area contributed by atoms with Gasteiger partial charge < -0.3 is 24.6 Å². The van der Waals surface area contributed by atoms with E-state index < -0.39 is 47.8 Å². The number of unbranched alkanes of at least 4 members (excludes halogenated alkanes) is 8. The fraction of sp³-hybridized carbons (Fsp3) is 0.404. The molecule has 0 bridgehead atoms. The molecule has 75 heavy (non-hydrogen) atoms. The Kier molecular flexibility index (Phi) is 17.9. The van der Waals surface area contributed by atoms with E-state index in [2.05, 4.69) is 22.5 Å². The maximum atomic E-state index is 15.1. The van der Waals surface area contributed by atoms with Gasteiger partial charge in [0.15, 0.2) is 0 Å². The van der Waals surface area contributed by atoms with Gasteiger partial charge in [0, 0.05) is 54.2 Å². The van der Waals surface area contributed by atoms with Gasteiger partial charge >= 0.3 is 6.03 Å². The van der Waals surface area contributed by atoms with Crippen molar-refractivity contribution >= 4 is 70.5 Å². The van der Waals surface area contributed by atoms with Gasteiger partial charge in [-0.15, -0.1) is 0 Å². The number of piperidine rings is 1. The Morgan fingerprint density at radius 2 is 1.49 bits per heavy atom. The van der Waals surface area contributed by atoms with Gasteiger partial charge in [-0.25, -0.2) is 4.79 Å². The molecule has 0 aromatic heterocycles. The molecule has 2 saturated heterocycles. The maximum Gasteiger partial charge on any atom is 0.326 e. The second-order valence-corrected chi connectivity index (χ2v) is 20.1. The third-order valence-electron chi connectivity index (χ3n) is 13.7. The number of halogens is 2. The summed E-state index contributed by atoms with van der Waals surface area (Å²) < 4.78 is 11.8. The first-order valence-corrected chi connectivity index (χ1v) is 26.4. The van der Waals surface area contributed by atoms with E-state index in [9.17, 15) is 28.8 Å². The van der Waals surface area contributed by atoms with E-state index in [-0.39, 0.29) is 68.1 Å². The zero-order chi connectivity index (χ0) is 53.2. The number of nitrogens with one attached hydrogen (secondary N) is 2. The number of aliphatic imine (C=N–C) groups is 1. The van der Waals surface area contributed by atoms with Crippen molar-refractivity contribution < 1.29 is 43.0 Å². The summed E-state index contributed by atoms with van der Waals surface area (Å²) in [4.78, 5) is 103. The number of piperazine rings is 1. The van der Waals surface area contributed by atoms with E-state index in [0.29, 0.717) is 51.5 Å². The Labute approximate surface area is 447 Å². The van der Waals surface area contributed by atoms with E-state index >= 15 is 4.79 Å². The lowest BCUT2D eigenvalue weighted by atomic mass is 9.93. The van der Waals surface area contributed by atoms with Gasteiger partial charge in [0.2, 0.25) is 23.6 Å². The van der Waals surface area contributed by atoms with Crippen LogP contribution in [-0.2, 0) is 19.2 Å². The molecule has 4 heterocycles. The number of amidine groups is 1. The third-order valence-corrected chi connectivity index (χ3v) is 14.2. The van der Waals surface area contributed by atoms with E-state index in [4.69, 9.17) is 37.7 Å². The van der Waals surface area contributed by atoms with Gasteiger partial charge in [-0.2, -0.15) is 0 Å². The molecule has 18 heteroatoms. The monoisotopic (exact) mass is 1060 g/mol. The van der Waals surface area contributed by atoms with Crippen LogP contribution in [0.2, 0.25) is 10.0 Å². The number of amides is 8. The molecule has 0 spiro atoms. The molecular weight excluding hydrogens is 998 g/mol. The Morgan fingerprint density at radius 1 is 0.813 bits per heavy atom. The van der Waals surface area contributed by atoms with Crippen molar-refractivity contribution in [2.24, 2.45) is 4.99 Å². The first-order valence-electron chi connectivity index (χ1n) is 25.6. The first-order chi connectivity index (χ1) is 36.2. The van der Waals surface area contributed by atoms with E-state index in [1.165, 1.54) is 9.80 Å². The smallest absolute Gasteiger partial charge is 0.326 e. The molecule has 16 nitrogen and oxygen atoms in total. The van der Waals surface area contributed by atoms with Crippen molar-refractivity contribution in [1.29, 1.82) is 0 Å². The second-order valence-electron chi connectivity index (χ2n) is 19.3. The minimum atomic E-state index is -1.02. The molecule has 1 unspecified atom stereocenters. The minimum Gasteiger partial charge on any atom is -0.497 e. The first kappa shape index (κ1) is 54.1. The van der Waals surface area contributed by atoms with E-state index in [1.807, 2.05) is 44.2 Å². The largest absolute Gasteiger partial charge is 0.497 e. The summed E-state index contributed by atoms with van der Waals surface area (Å²) in [5.74, 6) is 4.84. The zero-order valence-electron chi connectivity index (χ0n) is 42.4. The van der Waals surface area contributed by atoms with Gasteiger partial charge in [0.1, 0.15) is 36.0 Å². The maximum absolute atomic E-state index is 15.1. The minimum absolute atomic E-state index is 0.0575. The van der Waals surface area contributed by atoms with E-state index in [1.54, 1.807) is 66.6 Å². The van der Waals surface area contributed by atoms with Crippen LogP contribution >= 0.6 is 23.2 Å². The summed E-state index contributed by atoms with van der Waals surface area (Å²) in [6.45, 7) is 4.36. The lowest BCUT2D eigenvalue weighted by molar-refractivity contribution is -0.139. The summed E-state index contributed by atoms with van der Waals surface area (Å²) in [6.07, 6.45) is 8.44. The molecule has 3 atom stereocenters. The predicted molar refractivity (Wildman–Crippen MR) is 284 cm³/mol. The molecular formula is C57H61Cl2N7O9. The number of hydrogen-bond acceptors (Lipinski definition) is 10. The highest BCUT2D eigenvalue weighted by Crippen LogP contribution is 2.46. The summed E-state index contributed by atoms with van der Waals surface area (Å²) in [7, 11) is 1.57. The van der Waals surface area contributed by atoms with Crippen molar-refractivity contribution in [3.05, 3.63) is 128 Å². The molecule has 4 aromatic rings. The quantitative estimate of drug-likeness (QED) is 0.0526. The average molecular weight is 1060 g/mol. The summed E-state index contributed by atoms with van der Waals surface area (Å²) in [5.41, 5.74) is 3.05. The number of methoxy groups -OCH3 is 1. The SMILES string of the molecule is COc1ccc(C2=N[C@@H](c3ccc(Cl)cc3)[C@@H](c3ccc(Cl)cc3)N2C(=O)N2CCN(CC(=O)NCCCCCCCCCCC#Cc3cccc4c3C(=O)N(C3CCC(=O)NC3=O)C4=O)C(=O)C2)c(OC(C)C)c1.